The predicted octanol–water partition coefficient (Wildman–Crippen LogP) is 3.82. The molecule has 7 heteroatoms. The molecule has 0 saturated carbocycles. The maximum atomic E-state index is 12.7. The van der Waals surface area contributed by atoms with Crippen LogP contribution in [0.25, 0.3) is 0 Å². The summed E-state index contributed by atoms with van der Waals surface area (Å²) in [5.74, 6) is 0.0563. The summed E-state index contributed by atoms with van der Waals surface area (Å²) in [5.41, 5.74) is 2.02. The van der Waals surface area contributed by atoms with Crippen LogP contribution in [0.15, 0.2) is 40.2 Å². The molecule has 138 valence electrons. The van der Waals surface area contributed by atoms with Gasteiger partial charge in [0.1, 0.15) is 4.88 Å². The standard InChI is InChI=1S/C19H22BrN3O2S/c1-14(24)21-16-5-3-15(4-6-16)13-22-8-2-9-23(11-10-22)19(25)18-17(20)7-12-26-18/h3-7,12H,2,8-11,13H2,1H3,(H,21,24). The van der Waals surface area contributed by atoms with Crippen molar-refractivity contribution in [2.45, 2.75) is 19.9 Å². The van der Waals surface area contributed by atoms with Crippen molar-refractivity contribution in [1.29, 1.82) is 0 Å². The Morgan fingerprint density at radius 1 is 1.12 bits per heavy atom. The molecule has 1 aromatic heterocycles. The van der Waals surface area contributed by atoms with Crippen LogP contribution in [0.5, 0.6) is 0 Å². The highest BCUT2D eigenvalue weighted by Gasteiger charge is 2.22. The summed E-state index contributed by atoms with van der Waals surface area (Å²) < 4.78 is 0.882. The number of halogens is 1. The van der Waals surface area contributed by atoms with Gasteiger partial charge in [-0.05, 0) is 51.5 Å². The molecule has 0 unspecified atom stereocenters. The van der Waals surface area contributed by atoms with Gasteiger partial charge in [0.05, 0.1) is 0 Å². The van der Waals surface area contributed by atoms with E-state index in [0.717, 1.165) is 54.2 Å². The normalized spacial score (nSPS) is 15.5. The lowest BCUT2D eigenvalue weighted by molar-refractivity contribution is -0.114. The Hall–Kier alpha value is -1.70. The Balaban J connectivity index is 1.56. The number of nitrogens with zero attached hydrogens (tertiary/aromatic N) is 2. The van der Waals surface area contributed by atoms with Gasteiger partial charge in [0.2, 0.25) is 5.91 Å². The first-order valence-electron chi connectivity index (χ1n) is 8.64. The summed E-state index contributed by atoms with van der Waals surface area (Å²) in [6.45, 7) is 5.73. The summed E-state index contributed by atoms with van der Waals surface area (Å²) in [4.78, 5) is 28.9. The van der Waals surface area contributed by atoms with Gasteiger partial charge in [0.25, 0.3) is 5.91 Å². The fourth-order valence-corrected chi connectivity index (χ4v) is 4.58. The minimum absolute atomic E-state index is 0.0626. The van der Waals surface area contributed by atoms with Crippen molar-refractivity contribution in [2.24, 2.45) is 0 Å². The highest BCUT2D eigenvalue weighted by molar-refractivity contribution is 9.10. The molecule has 26 heavy (non-hydrogen) atoms. The van der Waals surface area contributed by atoms with Gasteiger partial charge < -0.3 is 10.2 Å². The number of anilines is 1. The molecule has 3 rings (SSSR count). The third-order valence-electron chi connectivity index (χ3n) is 4.37. The first-order valence-corrected chi connectivity index (χ1v) is 10.3. The van der Waals surface area contributed by atoms with Crippen LogP contribution in [0.3, 0.4) is 0 Å². The van der Waals surface area contributed by atoms with E-state index < -0.39 is 0 Å². The lowest BCUT2D eigenvalue weighted by atomic mass is 10.2. The van der Waals surface area contributed by atoms with Crippen molar-refractivity contribution < 1.29 is 9.59 Å². The average molecular weight is 436 g/mol. The largest absolute Gasteiger partial charge is 0.337 e. The average Bonchev–Trinajstić information content (AvgIpc) is 2.90. The molecule has 0 atom stereocenters. The maximum Gasteiger partial charge on any atom is 0.265 e. The molecule has 2 heterocycles. The summed E-state index contributed by atoms with van der Waals surface area (Å²) in [5, 5.41) is 4.72. The van der Waals surface area contributed by atoms with Crippen molar-refractivity contribution >= 4 is 44.8 Å². The van der Waals surface area contributed by atoms with Crippen LogP contribution in [0.1, 0.15) is 28.6 Å². The molecule has 1 aromatic carbocycles. The molecule has 2 aromatic rings. The molecule has 5 nitrogen and oxygen atoms in total. The van der Waals surface area contributed by atoms with Crippen LogP contribution in [-0.4, -0.2) is 47.8 Å². The summed E-state index contributed by atoms with van der Waals surface area (Å²) >= 11 is 4.94. The number of amides is 2. The Morgan fingerprint density at radius 3 is 2.54 bits per heavy atom. The number of carbonyl (C=O) groups is 2. The third kappa shape index (κ3) is 4.93. The Bertz CT molecular complexity index is 775. The van der Waals surface area contributed by atoms with E-state index in [1.807, 2.05) is 40.6 Å². The smallest absolute Gasteiger partial charge is 0.265 e. The molecule has 1 fully saturated rings. The monoisotopic (exact) mass is 435 g/mol. The highest BCUT2D eigenvalue weighted by Crippen LogP contribution is 2.24. The van der Waals surface area contributed by atoms with Crippen molar-refractivity contribution in [2.75, 3.05) is 31.5 Å². The first kappa shape index (κ1) is 19.1. The van der Waals surface area contributed by atoms with E-state index in [0.29, 0.717) is 0 Å². The fourth-order valence-electron chi connectivity index (χ4n) is 3.08. The van der Waals surface area contributed by atoms with Crippen molar-refractivity contribution in [3.8, 4) is 0 Å². The number of thiophene rings is 1. The molecule has 0 aliphatic carbocycles. The minimum atomic E-state index is -0.0626. The van der Waals surface area contributed by atoms with E-state index in [4.69, 9.17) is 0 Å². The van der Waals surface area contributed by atoms with E-state index in [9.17, 15) is 9.59 Å². The van der Waals surface area contributed by atoms with E-state index in [-0.39, 0.29) is 11.8 Å². The number of nitrogens with one attached hydrogen (secondary N) is 1. The zero-order valence-corrected chi connectivity index (χ0v) is 17.1. The molecule has 2 amide bonds. The first-order chi connectivity index (χ1) is 12.5. The van der Waals surface area contributed by atoms with Gasteiger partial charge in [-0.2, -0.15) is 0 Å². The fraction of sp³-hybridized carbons (Fsp3) is 0.368. The third-order valence-corrected chi connectivity index (χ3v) is 6.19. The van der Waals surface area contributed by atoms with Gasteiger partial charge in [-0.3, -0.25) is 14.5 Å². The van der Waals surface area contributed by atoms with Crippen LogP contribution in [-0.2, 0) is 11.3 Å². The number of carbonyl (C=O) groups excluding carboxylic acids is 2. The van der Waals surface area contributed by atoms with Crippen LogP contribution >= 0.6 is 27.3 Å². The summed E-state index contributed by atoms with van der Waals surface area (Å²) in [6.07, 6.45) is 0.971. The molecule has 1 saturated heterocycles. The van der Waals surface area contributed by atoms with Crippen molar-refractivity contribution in [3.63, 3.8) is 0 Å². The van der Waals surface area contributed by atoms with Gasteiger partial charge in [-0.15, -0.1) is 11.3 Å². The van der Waals surface area contributed by atoms with Crippen molar-refractivity contribution in [3.05, 3.63) is 50.6 Å². The molecule has 1 N–H and O–H groups in total. The minimum Gasteiger partial charge on any atom is -0.337 e. The molecule has 1 aliphatic heterocycles. The quantitative estimate of drug-likeness (QED) is 0.793. The molecule has 1 aliphatic rings. The zero-order valence-electron chi connectivity index (χ0n) is 14.7. The van der Waals surface area contributed by atoms with Crippen LogP contribution in [0.2, 0.25) is 0 Å². The lowest BCUT2D eigenvalue weighted by Gasteiger charge is -2.22. The molecule has 0 bridgehead atoms. The second kappa shape index (κ2) is 8.79. The molecular formula is C19H22BrN3O2S. The number of rotatable bonds is 4. The summed E-state index contributed by atoms with van der Waals surface area (Å²) in [7, 11) is 0. The molecule has 0 spiro atoms. The highest BCUT2D eigenvalue weighted by atomic mass is 79.9. The number of hydrogen-bond donors (Lipinski definition) is 1. The van der Waals surface area contributed by atoms with Gasteiger partial charge in [0.15, 0.2) is 0 Å². The van der Waals surface area contributed by atoms with Crippen LogP contribution < -0.4 is 5.32 Å². The van der Waals surface area contributed by atoms with E-state index in [2.05, 4.69) is 26.1 Å². The topological polar surface area (TPSA) is 52.7 Å². The Labute approximate surface area is 166 Å². The second-order valence-electron chi connectivity index (χ2n) is 6.40. The zero-order chi connectivity index (χ0) is 18.5. The van der Waals surface area contributed by atoms with Crippen LogP contribution in [0.4, 0.5) is 5.69 Å². The lowest BCUT2D eigenvalue weighted by Crippen LogP contribution is -2.34. The van der Waals surface area contributed by atoms with Gasteiger partial charge in [-0.1, -0.05) is 12.1 Å². The van der Waals surface area contributed by atoms with Crippen molar-refractivity contribution in [1.82, 2.24) is 9.80 Å². The maximum absolute atomic E-state index is 12.7. The Morgan fingerprint density at radius 2 is 1.88 bits per heavy atom. The number of benzene rings is 1. The molecule has 0 radical (unpaired) electrons. The van der Waals surface area contributed by atoms with Gasteiger partial charge in [0, 0.05) is 49.8 Å². The van der Waals surface area contributed by atoms with E-state index in [1.165, 1.54) is 23.8 Å². The SMILES string of the molecule is CC(=O)Nc1ccc(CN2CCCN(C(=O)c3sccc3Br)CC2)cc1. The predicted molar refractivity (Wildman–Crippen MR) is 109 cm³/mol. The van der Waals surface area contributed by atoms with E-state index >= 15 is 0 Å². The number of hydrogen-bond acceptors (Lipinski definition) is 4. The molecular weight excluding hydrogens is 414 g/mol. The van der Waals surface area contributed by atoms with Crippen LogP contribution in [0, 0.1) is 0 Å². The van der Waals surface area contributed by atoms with Gasteiger partial charge >= 0.3 is 0 Å². The van der Waals surface area contributed by atoms with Gasteiger partial charge in [-0.25, -0.2) is 0 Å². The Kier molecular flexibility index (Phi) is 6.45. The second-order valence-corrected chi connectivity index (χ2v) is 8.17. The van der Waals surface area contributed by atoms with E-state index in [1.54, 1.807) is 0 Å². The summed E-state index contributed by atoms with van der Waals surface area (Å²) in [6, 6.07) is 9.87.